The van der Waals surface area contributed by atoms with Gasteiger partial charge in [0.1, 0.15) is 6.61 Å². The summed E-state index contributed by atoms with van der Waals surface area (Å²) in [7, 11) is 8.79. The first kappa shape index (κ1) is 27.4. The van der Waals surface area contributed by atoms with Crippen LogP contribution in [0, 0.1) is 0 Å². The molecule has 0 atom stereocenters. The van der Waals surface area contributed by atoms with E-state index in [0.717, 1.165) is 5.56 Å². The minimum atomic E-state index is -1.17. The van der Waals surface area contributed by atoms with Gasteiger partial charge in [-0.05, 0) is 17.7 Å². The molecule has 0 radical (unpaired) electrons. The number of methoxy groups -OCH3 is 6. The Hall–Kier alpha value is -4.15. The topological polar surface area (TPSA) is 114 Å². The summed E-state index contributed by atoms with van der Waals surface area (Å²) < 4.78 is 39.3. The van der Waals surface area contributed by atoms with Crippen molar-refractivity contribution in [2.45, 2.75) is 12.9 Å². The van der Waals surface area contributed by atoms with Crippen LogP contribution < -0.4 is 29.0 Å². The zero-order chi connectivity index (χ0) is 26.9. The number of nitrogens with one attached hydrogen (secondary N) is 1. The van der Waals surface area contributed by atoms with Crippen LogP contribution >= 0.6 is 0 Å². The number of hydrogen-bond donors (Lipinski definition) is 2. The predicted octanol–water partition coefficient (Wildman–Crippen LogP) is 5.03. The summed E-state index contributed by atoms with van der Waals surface area (Å²) in [6.45, 7) is 0.258. The molecule has 37 heavy (non-hydrogen) atoms. The lowest BCUT2D eigenvalue weighted by molar-refractivity contribution is -0.106. The quantitative estimate of drug-likeness (QED) is 0.302. The molecule has 0 unspecified atom stereocenters. The van der Waals surface area contributed by atoms with Crippen LogP contribution in [0.15, 0.2) is 48.5 Å². The van der Waals surface area contributed by atoms with Gasteiger partial charge in [-0.1, -0.05) is 30.3 Å². The van der Waals surface area contributed by atoms with Crippen molar-refractivity contribution in [3.63, 3.8) is 0 Å². The highest BCUT2D eigenvalue weighted by Gasteiger charge is 2.29. The molecule has 10 heteroatoms. The normalized spacial score (nSPS) is 10.7. The maximum atomic E-state index is 12.2. The van der Waals surface area contributed by atoms with Crippen LogP contribution in [0.3, 0.4) is 0 Å². The van der Waals surface area contributed by atoms with E-state index < -0.39 is 12.3 Å². The van der Waals surface area contributed by atoms with Crippen molar-refractivity contribution < 1.29 is 43.1 Å². The number of anilines is 2. The molecule has 2 N–H and O–H groups in total. The summed E-state index contributed by atoms with van der Waals surface area (Å²) in [5, 5.41) is 13.1. The SMILES string of the molecule is COc1cc(Nc2c(C(=O)O)ccc(OCc3ccccc3)c2OC)c(C(OC)OC)c(OC)c1OC. The van der Waals surface area contributed by atoms with Crippen molar-refractivity contribution in [3.05, 3.63) is 65.2 Å². The Labute approximate surface area is 215 Å². The number of aromatic carboxylic acids is 1. The zero-order valence-corrected chi connectivity index (χ0v) is 21.6. The van der Waals surface area contributed by atoms with Crippen LogP contribution in [0.5, 0.6) is 28.7 Å². The number of rotatable bonds is 13. The molecule has 0 aliphatic heterocycles. The first-order valence-corrected chi connectivity index (χ1v) is 11.2. The van der Waals surface area contributed by atoms with E-state index in [-0.39, 0.29) is 29.4 Å². The second-order valence-electron chi connectivity index (χ2n) is 7.63. The molecule has 3 aromatic carbocycles. The average molecular weight is 514 g/mol. The molecular weight excluding hydrogens is 482 g/mol. The average Bonchev–Trinajstić information content (AvgIpc) is 2.92. The van der Waals surface area contributed by atoms with Gasteiger partial charge in [-0.3, -0.25) is 0 Å². The van der Waals surface area contributed by atoms with Crippen molar-refractivity contribution in [1.29, 1.82) is 0 Å². The molecule has 0 fully saturated rings. The Morgan fingerprint density at radius 3 is 2.00 bits per heavy atom. The van der Waals surface area contributed by atoms with E-state index in [1.165, 1.54) is 48.7 Å². The molecule has 0 aliphatic rings. The number of hydrogen-bond acceptors (Lipinski definition) is 9. The minimum absolute atomic E-state index is 0.0463. The predicted molar refractivity (Wildman–Crippen MR) is 137 cm³/mol. The zero-order valence-electron chi connectivity index (χ0n) is 21.6. The number of ether oxygens (including phenoxy) is 7. The molecule has 0 aliphatic carbocycles. The van der Waals surface area contributed by atoms with Crippen molar-refractivity contribution >= 4 is 17.3 Å². The van der Waals surface area contributed by atoms with Crippen molar-refractivity contribution in [3.8, 4) is 28.7 Å². The van der Waals surface area contributed by atoms with E-state index >= 15 is 0 Å². The number of benzene rings is 3. The van der Waals surface area contributed by atoms with Gasteiger partial charge in [0.2, 0.25) is 5.75 Å². The molecule has 0 heterocycles. The molecule has 0 amide bonds. The van der Waals surface area contributed by atoms with Crippen LogP contribution in [-0.2, 0) is 16.1 Å². The van der Waals surface area contributed by atoms with E-state index in [0.29, 0.717) is 28.5 Å². The molecule has 0 bridgehead atoms. The highest BCUT2D eigenvalue weighted by Crippen LogP contribution is 2.49. The second-order valence-corrected chi connectivity index (χ2v) is 7.63. The first-order chi connectivity index (χ1) is 17.9. The van der Waals surface area contributed by atoms with Crippen molar-refractivity contribution in [1.82, 2.24) is 0 Å². The van der Waals surface area contributed by atoms with Crippen LogP contribution in [-0.4, -0.2) is 53.7 Å². The lowest BCUT2D eigenvalue weighted by Crippen LogP contribution is -2.13. The number of carboxylic acid groups (broad SMARTS) is 1. The highest BCUT2D eigenvalue weighted by atomic mass is 16.7. The minimum Gasteiger partial charge on any atom is -0.493 e. The van der Waals surface area contributed by atoms with Gasteiger partial charge in [0, 0.05) is 20.3 Å². The Morgan fingerprint density at radius 2 is 1.46 bits per heavy atom. The molecule has 0 aromatic heterocycles. The van der Waals surface area contributed by atoms with E-state index in [2.05, 4.69) is 5.32 Å². The lowest BCUT2D eigenvalue weighted by atomic mass is 10.1. The third kappa shape index (κ3) is 5.82. The van der Waals surface area contributed by atoms with Gasteiger partial charge >= 0.3 is 5.97 Å². The Bertz CT molecular complexity index is 1210. The number of carboxylic acids is 1. The molecular formula is C27H31NO9. The van der Waals surface area contributed by atoms with Crippen LogP contribution in [0.25, 0.3) is 0 Å². The standard InChI is InChI=1S/C27H31NO9/c1-31-20-14-18(21(27(35-5)36-6)25(34-4)24(20)33-3)28-22-17(26(29)30)12-13-19(23(22)32-2)37-15-16-10-8-7-9-11-16/h7-14,27-28H,15H2,1-6H3,(H,29,30). The second kappa shape index (κ2) is 12.7. The molecule has 0 saturated carbocycles. The van der Waals surface area contributed by atoms with Gasteiger partial charge in [0.15, 0.2) is 29.3 Å². The summed E-state index contributed by atoms with van der Waals surface area (Å²) in [5.74, 6) is 0.313. The smallest absolute Gasteiger partial charge is 0.337 e. The van der Waals surface area contributed by atoms with Crippen molar-refractivity contribution in [2.24, 2.45) is 0 Å². The van der Waals surface area contributed by atoms with E-state index in [1.54, 1.807) is 12.1 Å². The van der Waals surface area contributed by atoms with Gasteiger partial charge in [-0.2, -0.15) is 0 Å². The molecule has 0 saturated heterocycles. The molecule has 10 nitrogen and oxygen atoms in total. The summed E-state index contributed by atoms with van der Waals surface area (Å²) in [5.41, 5.74) is 1.84. The lowest BCUT2D eigenvalue weighted by Gasteiger charge is -2.25. The maximum absolute atomic E-state index is 12.2. The van der Waals surface area contributed by atoms with Gasteiger partial charge in [0.25, 0.3) is 0 Å². The van der Waals surface area contributed by atoms with Crippen molar-refractivity contribution in [2.75, 3.05) is 48.0 Å². The molecule has 3 aromatic rings. The Morgan fingerprint density at radius 1 is 0.811 bits per heavy atom. The summed E-state index contributed by atoms with van der Waals surface area (Å²) in [4.78, 5) is 12.2. The third-order valence-corrected chi connectivity index (χ3v) is 5.59. The first-order valence-electron chi connectivity index (χ1n) is 11.2. The molecule has 3 rings (SSSR count). The van der Waals surface area contributed by atoms with E-state index in [1.807, 2.05) is 30.3 Å². The largest absolute Gasteiger partial charge is 0.493 e. The molecule has 198 valence electrons. The Kier molecular flexibility index (Phi) is 9.42. The summed E-state index contributed by atoms with van der Waals surface area (Å²) in [6.07, 6.45) is -0.894. The fourth-order valence-corrected chi connectivity index (χ4v) is 3.90. The van der Waals surface area contributed by atoms with E-state index in [9.17, 15) is 9.90 Å². The highest BCUT2D eigenvalue weighted by molar-refractivity contribution is 5.98. The molecule has 0 spiro atoms. The Balaban J connectivity index is 2.20. The maximum Gasteiger partial charge on any atom is 0.337 e. The fraction of sp³-hybridized carbons (Fsp3) is 0.296. The fourth-order valence-electron chi connectivity index (χ4n) is 3.90. The van der Waals surface area contributed by atoms with Crippen LogP contribution in [0.4, 0.5) is 11.4 Å². The van der Waals surface area contributed by atoms with Gasteiger partial charge in [-0.15, -0.1) is 0 Å². The number of carbonyl (C=O) groups is 1. The summed E-state index contributed by atoms with van der Waals surface area (Å²) >= 11 is 0. The van der Waals surface area contributed by atoms with Crippen LogP contribution in [0.1, 0.15) is 27.8 Å². The van der Waals surface area contributed by atoms with E-state index in [4.69, 9.17) is 33.2 Å². The third-order valence-electron chi connectivity index (χ3n) is 5.59. The monoisotopic (exact) mass is 513 g/mol. The van der Waals surface area contributed by atoms with Crippen LogP contribution in [0.2, 0.25) is 0 Å². The van der Waals surface area contributed by atoms with Gasteiger partial charge < -0.3 is 43.6 Å². The van der Waals surface area contributed by atoms with Gasteiger partial charge in [-0.25, -0.2) is 4.79 Å². The van der Waals surface area contributed by atoms with Gasteiger partial charge in [0.05, 0.1) is 50.9 Å². The summed E-state index contributed by atoms with van der Waals surface area (Å²) in [6, 6.07) is 14.2.